The van der Waals surface area contributed by atoms with Gasteiger partial charge in [-0.15, -0.1) is 0 Å². The van der Waals surface area contributed by atoms with Crippen LogP contribution in [0.15, 0.2) is 25.0 Å². The van der Waals surface area contributed by atoms with Gasteiger partial charge < -0.3 is 19.3 Å². The molecule has 0 aromatic rings. The Labute approximate surface area is 76.4 Å². The topological polar surface area (TPSA) is 47.9 Å². The van der Waals surface area contributed by atoms with Crippen molar-refractivity contribution in [2.24, 2.45) is 0 Å². The number of hydrogen-bond donors (Lipinski definition) is 1. The predicted molar refractivity (Wildman–Crippen MR) is 44.8 cm³/mol. The van der Waals surface area contributed by atoms with E-state index in [-0.39, 0.29) is 24.9 Å². The Morgan fingerprint density at radius 3 is 3.00 bits per heavy atom. The quantitative estimate of drug-likeness (QED) is 0.622. The van der Waals surface area contributed by atoms with Crippen LogP contribution in [0.2, 0.25) is 0 Å². The van der Waals surface area contributed by atoms with Gasteiger partial charge in [0.05, 0.1) is 12.9 Å². The molecular formula is C9H12O4. The minimum absolute atomic E-state index is 0.0707. The lowest BCUT2D eigenvalue weighted by atomic mass is 10.1. The number of hydrogen-bond acceptors (Lipinski definition) is 4. The molecule has 0 amide bonds. The summed E-state index contributed by atoms with van der Waals surface area (Å²) in [6.45, 7) is 3.50. The minimum Gasteiger partial charge on any atom is -0.493 e. The van der Waals surface area contributed by atoms with Gasteiger partial charge in [-0.25, -0.2) is 0 Å². The molecule has 2 heterocycles. The standard InChI is InChI=1S/C9H12O4/c1-2-8-12-6-3-4-11-7(5-10)9(6)13-8/h2-4,6-10H,1,5H2. The maximum absolute atomic E-state index is 8.98. The highest BCUT2D eigenvalue weighted by Gasteiger charge is 2.41. The van der Waals surface area contributed by atoms with E-state index in [4.69, 9.17) is 19.3 Å². The van der Waals surface area contributed by atoms with Gasteiger partial charge in [-0.2, -0.15) is 0 Å². The molecule has 0 saturated carbocycles. The molecule has 0 aromatic heterocycles. The van der Waals surface area contributed by atoms with Crippen LogP contribution in [-0.2, 0) is 14.2 Å². The molecule has 4 nitrogen and oxygen atoms in total. The van der Waals surface area contributed by atoms with Gasteiger partial charge in [0.1, 0.15) is 18.3 Å². The summed E-state index contributed by atoms with van der Waals surface area (Å²) in [5.74, 6) is 0. The van der Waals surface area contributed by atoms with E-state index in [9.17, 15) is 0 Å². The fourth-order valence-electron chi connectivity index (χ4n) is 1.51. The number of rotatable bonds is 2. The fourth-order valence-corrected chi connectivity index (χ4v) is 1.51. The molecule has 0 spiro atoms. The third kappa shape index (κ3) is 1.48. The summed E-state index contributed by atoms with van der Waals surface area (Å²) in [5, 5.41) is 8.98. The molecule has 13 heavy (non-hydrogen) atoms. The summed E-state index contributed by atoms with van der Waals surface area (Å²) in [5.41, 5.74) is 0. The normalized spacial score (nSPS) is 42.5. The van der Waals surface area contributed by atoms with Gasteiger partial charge >= 0.3 is 0 Å². The molecule has 0 bridgehead atoms. The van der Waals surface area contributed by atoms with Gasteiger partial charge in [-0.1, -0.05) is 6.58 Å². The van der Waals surface area contributed by atoms with Crippen molar-refractivity contribution < 1.29 is 19.3 Å². The third-order valence-corrected chi connectivity index (χ3v) is 2.17. The van der Waals surface area contributed by atoms with E-state index >= 15 is 0 Å². The summed E-state index contributed by atoms with van der Waals surface area (Å²) >= 11 is 0. The van der Waals surface area contributed by atoms with Gasteiger partial charge in [0.15, 0.2) is 6.29 Å². The average molecular weight is 184 g/mol. The van der Waals surface area contributed by atoms with Crippen molar-refractivity contribution in [3.8, 4) is 0 Å². The third-order valence-electron chi connectivity index (χ3n) is 2.17. The first-order chi connectivity index (χ1) is 6.35. The zero-order valence-electron chi connectivity index (χ0n) is 7.13. The van der Waals surface area contributed by atoms with Crippen molar-refractivity contribution in [1.29, 1.82) is 0 Å². The second-order valence-electron chi connectivity index (χ2n) is 2.99. The van der Waals surface area contributed by atoms with Crippen molar-refractivity contribution in [2.75, 3.05) is 6.61 Å². The molecule has 2 rings (SSSR count). The molecule has 1 N–H and O–H groups in total. The number of fused-ring (bicyclic) bond motifs is 1. The van der Waals surface area contributed by atoms with E-state index in [0.717, 1.165) is 0 Å². The van der Waals surface area contributed by atoms with Gasteiger partial charge in [-0.3, -0.25) is 0 Å². The molecule has 2 aliphatic rings. The molecule has 0 aromatic carbocycles. The van der Waals surface area contributed by atoms with Gasteiger partial charge in [-0.05, 0) is 12.2 Å². The van der Waals surface area contributed by atoms with Crippen molar-refractivity contribution in [3.05, 3.63) is 25.0 Å². The van der Waals surface area contributed by atoms with E-state index in [2.05, 4.69) is 6.58 Å². The smallest absolute Gasteiger partial charge is 0.178 e. The maximum Gasteiger partial charge on any atom is 0.178 e. The highest BCUT2D eigenvalue weighted by Crippen LogP contribution is 2.27. The Balaban J connectivity index is 2.09. The Hall–Kier alpha value is -0.840. The molecule has 0 radical (unpaired) electrons. The lowest BCUT2D eigenvalue weighted by Gasteiger charge is -2.26. The van der Waals surface area contributed by atoms with E-state index in [1.807, 2.05) is 0 Å². The van der Waals surface area contributed by atoms with E-state index < -0.39 is 6.29 Å². The first-order valence-corrected chi connectivity index (χ1v) is 4.21. The zero-order chi connectivity index (χ0) is 9.26. The molecule has 2 aliphatic heterocycles. The van der Waals surface area contributed by atoms with Crippen LogP contribution >= 0.6 is 0 Å². The molecular weight excluding hydrogens is 172 g/mol. The van der Waals surface area contributed by atoms with Crippen LogP contribution in [0.5, 0.6) is 0 Å². The highest BCUT2D eigenvalue weighted by atomic mass is 16.7. The van der Waals surface area contributed by atoms with Crippen LogP contribution in [0.4, 0.5) is 0 Å². The number of aliphatic hydroxyl groups is 1. The van der Waals surface area contributed by atoms with Gasteiger partial charge in [0.2, 0.25) is 0 Å². The van der Waals surface area contributed by atoms with Crippen molar-refractivity contribution in [2.45, 2.75) is 24.6 Å². The monoisotopic (exact) mass is 184 g/mol. The summed E-state index contributed by atoms with van der Waals surface area (Å²) in [6.07, 6.45) is 3.82. The molecule has 4 atom stereocenters. The Morgan fingerprint density at radius 2 is 2.31 bits per heavy atom. The van der Waals surface area contributed by atoms with Crippen molar-refractivity contribution >= 4 is 0 Å². The summed E-state index contributed by atoms with van der Waals surface area (Å²) in [7, 11) is 0. The first-order valence-electron chi connectivity index (χ1n) is 4.21. The molecule has 4 unspecified atom stereocenters. The Bertz CT molecular complexity index is 226. The van der Waals surface area contributed by atoms with Crippen LogP contribution in [0.1, 0.15) is 0 Å². The van der Waals surface area contributed by atoms with Gasteiger partial charge in [0, 0.05) is 0 Å². The van der Waals surface area contributed by atoms with Crippen LogP contribution < -0.4 is 0 Å². The summed E-state index contributed by atoms with van der Waals surface area (Å²) in [4.78, 5) is 0. The first kappa shape index (κ1) is 8.74. The zero-order valence-corrected chi connectivity index (χ0v) is 7.13. The second-order valence-corrected chi connectivity index (χ2v) is 2.99. The van der Waals surface area contributed by atoms with Crippen LogP contribution in [0.3, 0.4) is 0 Å². The number of ether oxygens (including phenoxy) is 3. The van der Waals surface area contributed by atoms with Crippen LogP contribution in [0, 0.1) is 0 Å². The van der Waals surface area contributed by atoms with Crippen LogP contribution in [-0.4, -0.2) is 36.3 Å². The van der Waals surface area contributed by atoms with E-state index in [1.165, 1.54) is 6.26 Å². The number of aliphatic hydroxyl groups excluding tert-OH is 1. The minimum atomic E-state index is -0.393. The lowest BCUT2D eigenvalue weighted by molar-refractivity contribution is -0.0676. The predicted octanol–water partition coefficient (Wildman–Crippen LogP) is 0.187. The fraction of sp³-hybridized carbons (Fsp3) is 0.556. The van der Waals surface area contributed by atoms with Gasteiger partial charge in [0.25, 0.3) is 0 Å². The summed E-state index contributed by atoms with van der Waals surface area (Å²) in [6, 6.07) is 0. The average Bonchev–Trinajstić information content (AvgIpc) is 2.59. The van der Waals surface area contributed by atoms with Crippen LogP contribution in [0.25, 0.3) is 0 Å². The molecule has 4 heteroatoms. The Kier molecular flexibility index (Phi) is 2.35. The molecule has 72 valence electrons. The Morgan fingerprint density at radius 1 is 1.46 bits per heavy atom. The maximum atomic E-state index is 8.98. The highest BCUT2D eigenvalue weighted by molar-refractivity contribution is 5.02. The summed E-state index contributed by atoms with van der Waals surface area (Å²) < 4.78 is 16.0. The molecule has 1 saturated heterocycles. The van der Waals surface area contributed by atoms with Crippen molar-refractivity contribution in [3.63, 3.8) is 0 Å². The largest absolute Gasteiger partial charge is 0.493 e. The van der Waals surface area contributed by atoms with E-state index in [1.54, 1.807) is 12.2 Å². The SMILES string of the molecule is C=CC1OC2C=COC(CO)C2O1. The molecule has 1 fully saturated rings. The molecule has 0 aliphatic carbocycles. The van der Waals surface area contributed by atoms with E-state index in [0.29, 0.717) is 0 Å². The second kappa shape index (κ2) is 3.49. The van der Waals surface area contributed by atoms with Crippen molar-refractivity contribution in [1.82, 2.24) is 0 Å². The lowest BCUT2D eigenvalue weighted by Crippen LogP contribution is -2.40.